The van der Waals surface area contributed by atoms with Crippen LogP contribution in [0.15, 0.2) is 59.6 Å². The molecule has 2 aromatic rings. The van der Waals surface area contributed by atoms with Gasteiger partial charge in [0.2, 0.25) is 0 Å². The molecule has 2 aromatic carbocycles. The summed E-state index contributed by atoms with van der Waals surface area (Å²) in [6.07, 6.45) is 3.16. The van der Waals surface area contributed by atoms with Crippen molar-refractivity contribution < 1.29 is 9.47 Å². The number of nitrogens with one attached hydrogen (secondary N) is 1. The van der Waals surface area contributed by atoms with Crippen molar-refractivity contribution in [2.45, 2.75) is 37.5 Å². The van der Waals surface area contributed by atoms with Crippen LogP contribution < -0.4 is 10.1 Å². The number of hydrogen-bond donors (Lipinski definition) is 1. The Morgan fingerprint density at radius 2 is 1.84 bits per heavy atom. The van der Waals surface area contributed by atoms with Crippen molar-refractivity contribution in [3.63, 3.8) is 0 Å². The van der Waals surface area contributed by atoms with E-state index in [2.05, 4.69) is 71.7 Å². The second-order valence-electron chi connectivity index (χ2n) is 8.63. The Hall–Kier alpha value is -1.80. The van der Waals surface area contributed by atoms with Gasteiger partial charge in [-0.3, -0.25) is 4.99 Å². The van der Waals surface area contributed by atoms with Gasteiger partial charge in [-0.05, 0) is 49.4 Å². The fraction of sp³-hybridized carbons (Fsp3) is 0.500. The van der Waals surface area contributed by atoms with Crippen molar-refractivity contribution in [3.05, 3.63) is 65.7 Å². The van der Waals surface area contributed by atoms with Crippen molar-refractivity contribution in [3.8, 4) is 5.75 Å². The van der Waals surface area contributed by atoms with Gasteiger partial charge in [-0.15, -0.1) is 24.0 Å². The van der Waals surface area contributed by atoms with Gasteiger partial charge >= 0.3 is 0 Å². The fourth-order valence-electron chi connectivity index (χ4n) is 4.85. The second-order valence-corrected chi connectivity index (χ2v) is 8.63. The van der Waals surface area contributed by atoms with Crippen LogP contribution in [0, 0.1) is 0 Å². The smallest absolute Gasteiger partial charge is 0.193 e. The van der Waals surface area contributed by atoms with Crippen LogP contribution in [0.3, 0.4) is 0 Å². The highest BCUT2D eigenvalue weighted by Gasteiger charge is 2.35. The predicted molar refractivity (Wildman–Crippen MR) is 141 cm³/mol. The first kappa shape index (κ1) is 24.8. The minimum absolute atomic E-state index is 0. The Labute approximate surface area is 209 Å². The van der Waals surface area contributed by atoms with Crippen molar-refractivity contribution in [1.82, 2.24) is 10.2 Å². The molecule has 2 fully saturated rings. The van der Waals surface area contributed by atoms with Crippen molar-refractivity contribution in [1.29, 1.82) is 0 Å². The first-order valence-corrected chi connectivity index (χ1v) is 11.5. The van der Waals surface area contributed by atoms with E-state index in [0.29, 0.717) is 5.92 Å². The van der Waals surface area contributed by atoms with Gasteiger partial charge in [-0.25, -0.2) is 0 Å². The molecule has 0 radical (unpaired) electrons. The second kappa shape index (κ2) is 11.9. The van der Waals surface area contributed by atoms with Crippen LogP contribution in [0.25, 0.3) is 0 Å². The molecule has 0 bridgehead atoms. The van der Waals surface area contributed by atoms with E-state index in [-0.39, 0.29) is 29.4 Å². The molecule has 0 aliphatic carbocycles. The van der Waals surface area contributed by atoms with Gasteiger partial charge in [0.1, 0.15) is 5.75 Å². The topological polar surface area (TPSA) is 46.1 Å². The van der Waals surface area contributed by atoms with Gasteiger partial charge < -0.3 is 19.7 Å². The van der Waals surface area contributed by atoms with E-state index in [1.54, 1.807) is 7.11 Å². The maximum absolute atomic E-state index is 5.71. The Balaban J connectivity index is 0.00000289. The highest BCUT2D eigenvalue weighted by atomic mass is 127. The molecule has 2 aliphatic heterocycles. The number of ether oxygens (including phenoxy) is 2. The standard InChI is InChI=1S/C26H35N3O2.HI/c1-3-27-25(29-16-13-22(19-29)21-7-5-4-6-8-21)28-20-26(14-17-31-18-15-26)23-9-11-24(30-2)12-10-23;/h4-12,22H,3,13-20H2,1-2H3,(H,27,28);1H. The van der Waals surface area contributed by atoms with E-state index in [9.17, 15) is 0 Å². The number of nitrogens with zero attached hydrogens (tertiary/aromatic N) is 2. The summed E-state index contributed by atoms with van der Waals surface area (Å²) in [5, 5.41) is 3.55. The number of rotatable bonds is 6. The van der Waals surface area contributed by atoms with Crippen LogP contribution in [0.1, 0.15) is 43.2 Å². The lowest BCUT2D eigenvalue weighted by Crippen LogP contribution is -2.42. The molecular weight excluding hydrogens is 513 g/mol. The molecule has 4 rings (SSSR count). The fourth-order valence-corrected chi connectivity index (χ4v) is 4.85. The van der Waals surface area contributed by atoms with Crippen LogP contribution >= 0.6 is 24.0 Å². The molecule has 32 heavy (non-hydrogen) atoms. The first-order valence-electron chi connectivity index (χ1n) is 11.5. The van der Waals surface area contributed by atoms with Crippen LogP contribution in [0.5, 0.6) is 5.75 Å². The average molecular weight is 549 g/mol. The van der Waals surface area contributed by atoms with E-state index in [0.717, 1.165) is 63.9 Å². The van der Waals surface area contributed by atoms with Gasteiger partial charge in [0.05, 0.1) is 13.7 Å². The van der Waals surface area contributed by atoms with Crippen LogP contribution in [0.2, 0.25) is 0 Å². The van der Waals surface area contributed by atoms with E-state index >= 15 is 0 Å². The van der Waals surface area contributed by atoms with E-state index in [4.69, 9.17) is 14.5 Å². The van der Waals surface area contributed by atoms with Gasteiger partial charge in [-0.1, -0.05) is 42.5 Å². The first-order chi connectivity index (χ1) is 15.2. The molecule has 1 unspecified atom stereocenters. The van der Waals surface area contributed by atoms with Crippen LogP contribution in [0.4, 0.5) is 0 Å². The molecule has 0 spiro atoms. The maximum Gasteiger partial charge on any atom is 0.193 e. The molecule has 2 saturated heterocycles. The Bertz CT molecular complexity index is 851. The minimum atomic E-state index is 0. The molecule has 5 nitrogen and oxygen atoms in total. The monoisotopic (exact) mass is 549 g/mol. The summed E-state index contributed by atoms with van der Waals surface area (Å²) in [7, 11) is 1.71. The summed E-state index contributed by atoms with van der Waals surface area (Å²) in [6.45, 7) is 7.45. The molecule has 0 saturated carbocycles. The van der Waals surface area contributed by atoms with Gasteiger partial charge in [0.25, 0.3) is 0 Å². The third-order valence-electron chi connectivity index (χ3n) is 6.78. The quantitative estimate of drug-likeness (QED) is 0.319. The van der Waals surface area contributed by atoms with Crippen molar-refractivity contribution >= 4 is 29.9 Å². The number of aliphatic imine (C=N–C) groups is 1. The molecule has 6 heteroatoms. The lowest BCUT2D eigenvalue weighted by Gasteiger charge is -2.37. The molecule has 2 aliphatic rings. The summed E-state index contributed by atoms with van der Waals surface area (Å²) in [4.78, 5) is 7.62. The van der Waals surface area contributed by atoms with E-state index in [1.807, 2.05) is 0 Å². The zero-order chi connectivity index (χ0) is 21.5. The summed E-state index contributed by atoms with van der Waals surface area (Å²) in [5.74, 6) is 2.51. The third-order valence-corrected chi connectivity index (χ3v) is 6.78. The normalized spacial score (nSPS) is 20.5. The minimum Gasteiger partial charge on any atom is -0.497 e. The molecule has 1 atom stereocenters. The molecular formula is C26H36IN3O2. The maximum atomic E-state index is 5.71. The molecule has 0 amide bonds. The molecule has 1 N–H and O–H groups in total. The highest BCUT2D eigenvalue weighted by Crippen LogP contribution is 2.36. The number of halogens is 1. The number of methoxy groups -OCH3 is 1. The number of benzene rings is 2. The number of hydrogen-bond acceptors (Lipinski definition) is 3. The summed E-state index contributed by atoms with van der Waals surface area (Å²) < 4.78 is 11.1. The summed E-state index contributed by atoms with van der Waals surface area (Å²) >= 11 is 0. The number of guanidine groups is 1. The third kappa shape index (κ3) is 5.76. The van der Waals surface area contributed by atoms with Gasteiger partial charge in [0, 0.05) is 44.2 Å². The number of likely N-dealkylation sites (tertiary alicyclic amines) is 1. The molecule has 2 heterocycles. The van der Waals surface area contributed by atoms with Crippen LogP contribution in [-0.4, -0.2) is 57.4 Å². The summed E-state index contributed by atoms with van der Waals surface area (Å²) in [6, 6.07) is 19.4. The largest absolute Gasteiger partial charge is 0.497 e. The van der Waals surface area contributed by atoms with Crippen molar-refractivity contribution in [2.75, 3.05) is 46.5 Å². The molecule has 0 aromatic heterocycles. The Kier molecular flexibility index (Phi) is 9.22. The van der Waals surface area contributed by atoms with Gasteiger partial charge in [0.15, 0.2) is 5.96 Å². The van der Waals surface area contributed by atoms with Gasteiger partial charge in [-0.2, -0.15) is 0 Å². The highest BCUT2D eigenvalue weighted by molar-refractivity contribution is 14.0. The van der Waals surface area contributed by atoms with Crippen molar-refractivity contribution in [2.24, 2.45) is 4.99 Å². The lowest BCUT2D eigenvalue weighted by atomic mass is 9.74. The zero-order valence-electron chi connectivity index (χ0n) is 19.3. The lowest BCUT2D eigenvalue weighted by molar-refractivity contribution is 0.0530. The average Bonchev–Trinajstić information content (AvgIpc) is 3.33. The predicted octanol–water partition coefficient (Wildman–Crippen LogP) is 4.82. The SMILES string of the molecule is CCNC(=NCC1(c2ccc(OC)cc2)CCOCC1)N1CCC(c2ccccc2)C1.I. The Morgan fingerprint density at radius 3 is 2.50 bits per heavy atom. The van der Waals surface area contributed by atoms with Crippen LogP contribution in [-0.2, 0) is 10.2 Å². The molecule has 174 valence electrons. The Morgan fingerprint density at radius 1 is 1.12 bits per heavy atom. The summed E-state index contributed by atoms with van der Waals surface area (Å²) in [5.41, 5.74) is 2.78. The zero-order valence-corrected chi connectivity index (χ0v) is 21.6. The van der Waals surface area contributed by atoms with E-state index < -0.39 is 0 Å². The van der Waals surface area contributed by atoms with E-state index in [1.165, 1.54) is 17.5 Å².